The lowest BCUT2D eigenvalue weighted by Gasteiger charge is -2.33. The molecule has 1 saturated heterocycles. The van der Waals surface area contributed by atoms with Crippen LogP contribution in [0.4, 0.5) is 4.79 Å². The van der Waals surface area contributed by atoms with Crippen LogP contribution in [0.25, 0.3) is 0 Å². The van der Waals surface area contributed by atoms with Gasteiger partial charge in [-0.15, -0.1) is 0 Å². The van der Waals surface area contributed by atoms with Gasteiger partial charge in [-0.25, -0.2) is 14.8 Å². The Morgan fingerprint density at radius 2 is 2.17 bits per heavy atom. The maximum Gasteiger partial charge on any atom is 0.410 e. The van der Waals surface area contributed by atoms with E-state index in [1.807, 2.05) is 20.8 Å². The van der Waals surface area contributed by atoms with Gasteiger partial charge in [0, 0.05) is 24.8 Å². The highest BCUT2D eigenvalue weighted by Crippen LogP contribution is 2.22. The predicted octanol–water partition coefficient (Wildman–Crippen LogP) is 2.95. The summed E-state index contributed by atoms with van der Waals surface area (Å²) in [5.41, 5.74) is 0.197. The van der Waals surface area contributed by atoms with Crippen molar-refractivity contribution in [3.8, 4) is 0 Å². The number of likely N-dealkylation sites (tertiary alicyclic amines) is 1. The lowest BCUT2D eigenvalue weighted by molar-refractivity contribution is 0.0219. The normalized spacial score (nSPS) is 20.2. The number of halogens is 1. The average molecular weight is 360 g/mol. The molecule has 23 heavy (non-hydrogen) atoms. The number of hydrogen-bond donors (Lipinski definition) is 0. The molecule has 0 spiro atoms. The summed E-state index contributed by atoms with van der Waals surface area (Å²) in [6, 6.07) is 0. The molecule has 0 aromatic carbocycles. The molecule has 1 aromatic rings. The van der Waals surface area contributed by atoms with Crippen molar-refractivity contribution in [1.29, 1.82) is 0 Å². The summed E-state index contributed by atoms with van der Waals surface area (Å²) >= 11 is 5.98. The van der Waals surface area contributed by atoms with Gasteiger partial charge < -0.3 is 9.64 Å². The fourth-order valence-corrected chi connectivity index (χ4v) is 3.77. The second-order valence-corrected chi connectivity index (χ2v) is 8.60. The molecular weight excluding hydrogens is 338 g/mol. The molecule has 1 aliphatic heterocycles. The standard InChI is InChI=1S/C15H22ClN3O3S/c1-10-8-17-13(18-12(10)16)23(21)11-6-5-7-19(9-11)14(20)22-15(2,3)4/h8,11H,5-7,9H2,1-4H3/t11-,23-/m1/s1. The number of rotatable bonds is 2. The van der Waals surface area contributed by atoms with E-state index in [9.17, 15) is 9.00 Å². The van der Waals surface area contributed by atoms with Crippen molar-refractivity contribution in [2.24, 2.45) is 0 Å². The summed E-state index contributed by atoms with van der Waals surface area (Å²) < 4.78 is 18.0. The Morgan fingerprint density at radius 3 is 2.78 bits per heavy atom. The first-order valence-electron chi connectivity index (χ1n) is 7.55. The molecule has 0 radical (unpaired) electrons. The maximum atomic E-state index is 12.7. The van der Waals surface area contributed by atoms with Crippen molar-refractivity contribution in [2.45, 2.75) is 56.5 Å². The second kappa shape index (κ2) is 7.13. The van der Waals surface area contributed by atoms with E-state index < -0.39 is 16.4 Å². The molecule has 0 unspecified atom stereocenters. The van der Waals surface area contributed by atoms with Crippen molar-refractivity contribution in [2.75, 3.05) is 13.1 Å². The largest absolute Gasteiger partial charge is 0.444 e. The fourth-order valence-electron chi connectivity index (χ4n) is 2.26. The van der Waals surface area contributed by atoms with Gasteiger partial charge in [0.25, 0.3) is 0 Å². The number of aromatic nitrogens is 2. The first kappa shape index (κ1) is 18.1. The molecule has 1 amide bonds. The lowest BCUT2D eigenvalue weighted by atomic mass is 10.1. The Morgan fingerprint density at radius 1 is 1.48 bits per heavy atom. The minimum absolute atomic E-state index is 0.213. The molecule has 0 aliphatic carbocycles. The molecule has 0 N–H and O–H groups in total. The van der Waals surface area contributed by atoms with Gasteiger partial charge in [-0.3, -0.25) is 4.21 Å². The van der Waals surface area contributed by atoms with Crippen LogP contribution in [0, 0.1) is 6.92 Å². The van der Waals surface area contributed by atoms with E-state index in [0.29, 0.717) is 18.2 Å². The maximum absolute atomic E-state index is 12.7. The number of carbonyl (C=O) groups excluding carboxylic acids is 1. The number of piperidine rings is 1. The Labute approximate surface area is 144 Å². The Hall–Kier alpha value is -1.21. The van der Waals surface area contributed by atoms with Gasteiger partial charge in [0.1, 0.15) is 10.8 Å². The topological polar surface area (TPSA) is 72.4 Å². The highest BCUT2D eigenvalue weighted by Gasteiger charge is 2.31. The summed E-state index contributed by atoms with van der Waals surface area (Å²) in [5, 5.41) is 0.315. The van der Waals surface area contributed by atoms with Gasteiger partial charge in [0.15, 0.2) is 0 Å². The first-order chi connectivity index (χ1) is 10.7. The van der Waals surface area contributed by atoms with Crippen LogP contribution in [0.1, 0.15) is 39.2 Å². The summed E-state index contributed by atoms with van der Waals surface area (Å²) in [6.45, 7) is 8.25. The summed E-state index contributed by atoms with van der Waals surface area (Å²) in [5.74, 6) is 0. The Balaban J connectivity index is 2.07. The third kappa shape index (κ3) is 4.88. The number of hydrogen-bond acceptors (Lipinski definition) is 5. The zero-order valence-electron chi connectivity index (χ0n) is 13.8. The number of ether oxygens (including phenoxy) is 1. The molecule has 2 rings (SSSR count). The minimum atomic E-state index is -1.40. The molecular formula is C15H22ClN3O3S. The molecule has 0 saturated carbocycles. The molecule has 1 aromatic heterocycles. The second-order valence-electron chi connectivity index (χ2n) is 6.61. The SMILES string of the molecule is Cc1cnc([S@](=O)[C@@H]2CCCN(C(=O)OC(C)(C)C)C2)nc1Cl. The van der Waals surface area contributed by atoms with Crippen LogP contribution in [0.15, 0.2) is 11.4 Å². The van der Waals surface area contributed by atoms with E-state index in [1.54, 1.807) is 18.0 Å². The number of amides is 1. The molecule has 8 heteroatoms. The van der Waals surface area contributed by atoms with Crippen LogP contribution >= 0.6 is 11.6 Å². The van der Waals surface area contributed by atoms with E-state index in [0.717, 1.165) is 18.4 Å². The third-order valence-corrected chi connectivity index (χ3v) is 5.33. The van der Waals surface area contributed by atoms with Gasteiger partial charge in [0.05, 0.1) is 16.0 Å². The predicted molar refractivity (Wildman–Crippen MR) is 89.0 cm³/mol. The average Bonchev–Trinajstić information content (AvgIpc) is 2.48. The van der Waals surface area contributed by atoms with Gasteiger partial charge in [-0.2, -0.15) is 0 Å². The smallest absolute Gasteiger partial charge is 0.410 e. The van der Waals surface area contributed by atoms with Crippen LogP contribution in [0.3, 0.4) is 0 Å². The van der Waals surface area contributed by atoms with Crippen LogP contribution in [-0.2, 0) is 15.5 Å². The minimum Gasteiger partial charge on any atom is -0.444 e. The molecule has 1 fully saturated rings. The van der Waals surface area contributed by atoms with Crippen molar-refractivity contribution < 1.29 is 13.7 Å². The highest BCUT2D eigenvalue weighted by atomic mass is 35.5. The quantitative estimate of drug-likeness (QED) is 0.599. The van der Waals surface area contributed by atoms with Gasteiger partial charge in [0.2, 0.25) is 5.16 Å². The highest BCUT2D eigenvalue weighted by molar-refractivity contribution is 7.85. The number of nitrogens with zero attached hydrogens (tertiary/aromatic N) is 3. The summed E-state index contributed by atoms with van der Waals surface area (Å²) in [4.78, 5) is 22.0. The Bertz CT molecular complexity index is 618. The van der Waals surface area contributed by atoms with Gasteiger partial charge in [-0.1, -0.05) is 11.6 Å². The van der Waals surface area contributed by atoms with Crippen LogP contribution in [0.2, 0.25) is 5.15 Å². The lowest BCUT2D eigenvalue weighted by Crippen LogP contribution is -2.46. The van der Waals surface area contributed by atoms with E-state index in [-0.39, 0.29) is 16.5 Å². The molecule has 2 heterocycles. The van der Waals surface area contributed by atoms with Crippen LogP contribution in [0.5, 0.6) is 0 Å². The monoisotopic (exact) mass is 359 g/mol. The zero-order valence-corrected chi connectivity index (χ0v) is 15.4. The van der Waals surface area contributed by atoms with E-state index in [4.69, 9.17) is 16.3 Å². The van der Waals surface area contributed by atoms with E-state index in [1.165, 1.54) is 0 Å². The van der Waals surface area contributed by atoms with E-state index in [2.05, 4.69) is 9.97 Å². The number of carbonyl (C=O) groups is 1. The third-order valence-electron chi connectivity index (χ3n) is 3.40. The molecule has 128 valence electrons. The van der Waals surface area contributed by atoms with Crippen LogP contribution < -0.4 is 0 Å². The van der Waals surface area contributed by atoms with Crippen LogP contribution in [-0.4, -0.2) is 49.1 Å². The van der Waals surface area contributed by atoms with E-state index >= 15 is 0 Å². The van der Waals surface area contributed by atoms with Crippen molar-refractivity contribution in [1.82, 2.24) is 14.9 Å². The molecule has 1 aliphatic rings. The van der Waals surface area contributed by atoms with Gasteiger partial charge in [-0.05, 0) is 40.5 Å². The first-order valence-corrected chi connectivity index (χ1v) is 9.14. The molecule has 0 bridgehead atoms. The molecule has 2 atom stereocenters. The Kier molecular flexibility index (Phi) is 5.62. The molecule has 6 nitrogen and oxygen atoms in total. The zero-order chi connectivity index (χ0) is 17.2. The van der Waals surface area contributed by atoms with Crippen molar-refractivity contribution in [3.63, 3.8) is 0 Å². The summed E-state index contributed by atoms with van der Waals surface area (Å²) in [7, 11) is -1.40. The summed E-state index contributed by atoms with van der Waals surface area (Å²) in [6.07, 6.45) is 2.72. The van der Waals surface area contributed by atoms with Gasteiger partial charge >= 0.3 is 6.09 Å². The number of aryl methyl sites for hydroxylation is 1. The van der Waals surface area contributed by atoms with Crippen molar-refractivity contribution in [3.05, 3.63) is 16.9 Å². The fraction of sp³-hybridized carbons (Fsp3) is 0.667. The van der Waals surface area contributed by atoms with Crippen molar-refractivity contribution >= 4 is 28.5 Å².